The average molecular weight is 204 g/mol. The molecule has 0 aromatic carbocycles. The average Bonchev–Trinajstić information content (AvgIpc) is 2.65. The van der Waals surface area contributed by atoms with Gasteiger partial charge in [-0.05, 0) is 19.1 Å². The standard InChI is InChI=1S/C11H12N2O2/c1-3-15-11(14)9(2)8-13-6-4-5-10(13)7-12/h4-6H,2-3,8H2,1H3. The van der Waals surface area contributed by atoms with E-state index in [1.165, 1.54) is 0 Å². The summed E-state index contributed by atoms with van der Waals surface area (Å²) in [6.07, 6.45) is 1.73. The zero-order valence-corrected chi connectivity index (χ0v) is 8.56. The molecular formula is C11H12N2O2. The SMILES string of the molecule is C=C(Cn1cccc1C#N)C(=O)OCC. The Balaban J connectivity index is 2.67. The number of nitriles is 1. The van der Waals surface area contributed by atoms with Crippen LogP contribution in [0, 0.1) is 11.3 Å². The van der Waals surface area contributed by atoms with Crippen molar-refractivity contribution >= 4 is 5.97 Å². The van der Waals surface area contributed by atoms with Crippen molar-refractivity contribution in [2.24, 2.45) is 0 Å². The van der Waals surface area contributed by atoms with E-state index >= 15 is 0 Å². The van der Waals surface area contributed by atoms with Gasteiger partial charge in [-0.2, -0.15) is 5.26 Å². The van der Waals surface area contributed by atoms with E-state index in [2.05, 4.69) is 6.58 Å². The van der Waals surface area contributed by atoms with Crippen molar-refractivity contribution in [2.75, 3.05) is 6.61 Å². The third kappa shape index (κ3) is 2.71. The van der Waals surface area contributed by atoms with E-state index in [-0.39, 0.29) is 6.54 Å². The molecule has 0 N–H and O–H groups in total. The van der Waals surface area contributed by atoms with Crippen LogP contribution < -0.4 is 0 Å². The molecule has 15 heavy (non-hydrogen) atoms. The number of carbonyl (C=O) groups excluding carboxylic acids is 1. The van der Waals surface area contributed by atoms with Crippen LogP contribution in [0.2, 0.25) is 0 Å². The van der Waals surface area contributed by atoms with Crippen molar-refractivity contribution in [3.8, 4) is 6.07 Å². The Kier molecular flexibility index (Phi) is 3.69. The quantitative estimate of drug-likeness (QED) is 0.551. The maximum atomic E-state index is 11.3. The molecule has 1 aromatic rings. The van der Waals surface area contributed by atoms with Crippen molar-refractivity contribution in [1.29, 1.82) is 5.26 Å². The smallest absolute Gasteiger partial charge is 0.335 e. The lowest BCUT2D eigenvalue weighted by molar-refractivity contribution is -0.138. The highest BCUT2D eigenvalue weighted by Gasteiger charge is 2.09. The fraction of sp³-hybridized carbons (Fsp3) is 0.273. The van der Waals surface area contributed by atoms with Crippen LogP contribution in [0.25, 0.3) is 0 Å². The zero-order valence-electron chi connectivity index (χ0n) is 8.56. The van der Waals surface area contributed by atoms with E-state index in [1.807, 2.05) is 6.07 Å². The fourth-order valence-electron chi connectivity index (χ4n) is 1.16. The van der Waals surface area contributed by atoms with Crippen LogP contribution in [0.4, 0.5) is 0 Å². The molecule has 0 saturated carbocycles. The minimum atomic E-state index is -0.421. The van der Waals surface area contributed by atoms with Crippen molar-refractivity contribution < 1.29 is 9.53 Å². The maximum absolute atomic E-state index is 11.3. The van der Waals surface area contributed by atoms with E-state index < -0.39 is 5.97 Å². The van der Waals surface area contributed by atoms with Gasteiger partial charge in [0, 0.05) is 11.8 Å². The second-order valence-electron chi connectivity index (χ2n) is 2.96. The van der Waals surface area contributed by atoms with Gasteiger partial charge in [0.2, 0.25) is 0 Å². The van der Waals surface area contributed by atoms with E-state index in [1.54, 1.807) is 29.8 Å². The molecule has 1 rings (SSSR count). The number of hydrogen-bond donors (Lipinski definition) is 0. The third-order valence-corrected chi connectivity index (χ3v) is 1.87. The molecule has 0 fully saturated rings. The van der Waals surface area contributed by atoms with Gasteiger partial charge in [0.1, 0.15) is 11.8 Å². The number of ether oxygens (including phenoxy) is 1. The normalized spacial score (nSPS) is 9.33. The predicted octanol–water partition coefficient (Wildman–Crippen LogP) is 1.48. The Morgan fingerprint density at radius 1 is 1.73 bits per heavy atom. The van der Waals surface area contributed by atoms with E-state index in [0.29, 0.717) is 17.9 Å². The number of nitrogens with zero attached hydrogens (tertiary/aromatic N) is 2. The number of aromatic nitrogens is 1. The van der Waals surface area contributed by atoms with Gasteiger partial charge in [-0.15, -0.1) is 0 Å². The molecule has 4 nitrogen and oxygen atoms in total. The van der Waals surface area contributed by atoms with Crippen LogP contribution in [0.5, 0.6) is 0 Å². The van der Waals surface area contributed by atoms with E-state index in [0.717, 1.165) is 0 Å². The highest BCUT2D eigenvalue weighted by molar-refractivity contribution is 5.87. The topological polar surface area (TPSA) is 55.0 Å². The van der Waals surface area contributed by atoms with Crippen LogP contribution in [0.15, 0.2) is 30.5 Å². The van der Waals surface area contributed by atoms with E-state index in [4.69, 9.17) is 10.00 Å². The minimum absolute atomic E-state index is 0.286. The second kappa shape index (κ2) is 5.01. The van der Waals surface area contributed by atoms with Crippen molar-refractivity contribution in [3.63, 3.8) is 0 Å². The molecule has 0 aliphatic rings. The molecule has 0 aliphatic heterocycles. The monoisotopic (exact) mass is 204 g/mol. The molecule has 1 heterocycles. The molecule has 0 unspecified atom stereocenters. The molecular weight excluding hydrogens is 192 g/mol. The lowest BCUT2D eigenvalue weighted by atomic mass is 10.3. The first-order valence-electron chi connectivity index (χ1n) is 4.59. The van der Waals surface area contributed by atoms with Crippen molar-refractivity contribution in [3.05, 3.63) is 36.2 Å². The molecule has 0 aliphatic carbocycles. The molecule has 1 aromatic heterocycles. The highest BCUT2D eigenvalue weighted by atomic mass is 16.5. The van der Waals surface area contributed by atoms with E-state index in [9.17, 15) is 4.79 Å². The van der Waals surface area contributed by atoms with Gasteiger partial charge in [-0.25, -0.2) is 4.79 Å². The molecule has 0 spiro atoms. The molecule has 0 amide bonds. The van der Waals surface area contributed by atoms with Crippen molar-refractivity contribution in [1.82, 2.24) is 4.57 Å². The molecule has 78 valence electrons. The Bertz CT molecular complexity index is 412. The first kappa shape index (κ1) is 11.1. The summed E-state index contributed by atoms with van der Waals surface area (Å²) in [6, 6.07) is 5.45. The van der Waals surface area contributed by atoms with Gasteiger partial charge in [-0.3, -0.25) is 0 Å². The Morgan fingerprint density at radius 3 is 3.07 bits per heavy atom. The molecule has 0 bridgehead atoms. The van der Waals surface area contributed by atoms with Gasteiger partial charge in [0.15, 0.2) is 0 Å². The Hall–Kier alpha value is -2.02. The lowest BCUT2D eigenvalue weighted by Gasteiger charge is -2.07. The van der Waals surface area contributed by atoms with Gasteiger partial charge in [0.25, 0.3) is 0 Å². The minimum Gasteiger partial charge on any atom is -0.463 e. The lowest BCUT2D eigenvalue weighted by Crippen LogP contribution is -2.12. The Labute approximate surface area is 88.4 Å². The summed E-state index contributed by atoms with van der Waals surface area (Å²) in [5.74, 6) is -0.421. The van der Waals surface area contributed by atoms with Crippen LogP contribution in [-0.4, -0.2) is 17.1 Å². The zero-order chi connectivity index (χ0) is 11.3. The van der Waals surface area contributed by atoms with Crippen LogP contribution in [0.3, 0.4) is 0 Å². The van der Waals surface area contributed by atoms with Crippen LogP contribution in [-0.2, 0) is 16.1 Å². The highest BCUT2D eigenvalue weighted by Crippen LogP contribution is 2.05. The summed E-state index contributed by atoms with van der Waals surface area (Å²) >= 11 is 0. The first-order valence-corrected chi connectivity index (χ1v) is 4.59. The summed E-state index contributed by atoms with van der Waals surface area (Å²) in [5, 5.41) is 8.75. The first-order chi connectivity index (χ1) is 7.19. The summed E-state index contributed by atoms with van der Waals surface area (Å²) in [4.78, 5) is 11.3. The largest absolute Gasteiger partial charge is 0.463 e. The molecule has 0 atom stereocenters. The number of esters is 1. The predicted molar refractivity (Wildman–Crippen MR) is 54.9 cm³/mol. The summed E-state index contributed by atoms with van der Waals surface area (Å²) in [7, 11) is 0. The molecule has 0 saturated heterocycles. The van der Waals surface area contributed by atoms with Gasteiger partial charge >= 0.3 is 5.97 Å². The number of hydrogen-bond acceptors (Lipinski definition) is 3. The maximum Gasteiger partial charge on any atom is 0.335 e. The van der Waals surface area contributed by atoms with Gasteiger partial charge < -0.3 is 9.30 Å². The molecule has 4 heteroatoms. The third-order valence-electron chi connectivity index (χ3n) is 1.87. The summed E-state index contributed by atoms with van der Waals surface area (Å²) in [5.41, 5.74) is 0.838. The second-order valence-corrected chi connectivity index (χ2v) is 2.96. The van der Waals surface area contributed by atoms with Crippen LogP contribution >= 0.6 is 0 Å². The number of carbonyl (C=O) groups is 1. The Morgan fingerprint density at radius 2 is 2.47 bits per heavy atom. The fourth-order valence-corrected chi connectivity index (χ4v) is 1.16. The molecule has 0 radical (unpaired) electrons. The van der Waals surface area contributed by atoms with Gasteiger partial charge in [0.05, 0.1) is 13.2 Å². The number of rotatable bonds is 4. The van der Waals surface area contributed by atoms with Gasteiger partial charge in [-0.1, -0.05) is 6.58 Å². The van der Waals surface area contributed by atoms with Crippen molar-refractivity contribution in [2.45, 2.75) is 13.5 Å². The van der Waals surface area contributed by atoms with Crippen LogP contribution in [0.1, 0.15) is 12.6 Å². The summed E-state index contributed by atoms with van der Waals surface area (Å²) in [6.45, 7) is 5.97. The summed E-state index contributed by atoms with van der Waals surface area (Å²) < 4.78 is 6.44.